The van der Waals surface area contributed by atoms with E-state index in [1.165, 1.54) is 17.0 Å². The third-order valence-corrected chi connectivity index (χ3v) is 3.89. The Labute approximate surface area is 140 Å². The number of hydrogen-bond acceptors (Lipinski definition) is 2. The molecule has 3 nitrogen and oxygen atoms in total. The molecule has 5 heteroatoms. The Morgan fingerprint density at radius 2 is 1.91 bits per heavy atom. The molecule has 0 unspecified atom stereocenters. The molecule has 0 bridgehead atoms. The molecular formula is C18H19ClFNO2. The van der Waals surface area contributed by atoms with Crippen molar-refractivity contribution in [1.82, 2.24) is 4.90 Å². The fraction of sp³-hybridized carbons (Fsp3) is 0.278. The lowest BCUT2D eigenvalue weighted by Gasteiger charge is -2.18. The Balaban J connectivity index is 1.84. The Kier molecular flexibility index (Phi) is 5.99. The quantitative estimate of drug-likeness (QED) is 0.802. The number of carbonyl (C=O) groups excluding carboxylic acids is 1. The highest BCUT2D eigenvalue weighted by atomic mass is 35.5. The monoisotopic (exact) mass is 335 g/mol. The molecule has 0 fully saturated rings. The van der Waals surface area contributed by atoms with Gasteiger partial charge in [0.2, 0.25) is 5.91 Å². The molecule has 0 aliphatic heterocycles. The number of halogens is 2. The Bertz CT molecular complexity index is 653. The van der Waals surface area contributed by atoms with Crippen molar-refractivity contribution in [2.24, 2.45) is 0 Å². The average Bonchev–Trinajstić information content (AvgIpc) is 2.52. The second kappa shape index (κ2) is 7.97. The fourth-order valence-electron chi connectivity index (χ4n) is 2.05. The van der Waals surface area contributed by atoms with Crippen LogP contribution in [0.4, 0.5) is 4.39 Å². The summed E-state index contributed by atoms with van der Waals surface area (Å²) in [5.74, 6) is 0.0910. The van der Waals surface area contributed by atoms with Crippen molar-refractivity contribution in [2.75, 3.05) is 20.2 Å². The lowest BCUT2D eigenvalue weighted by atomic mass is 10.1. The van der Waals surface area contributed by atoms with E-state index in [-0.39, 0.29) is 22.9 Å². The zero-order chi connectivity index (χ0) is 16.8. The van der Waals surface area contributed by atoms with E-state index in [4.69, 9.17) is 16.3 Å². The second-order valence-electron chi connectivity index (χ2n) is 5.35. The first-order valence-electron chi connectivity index (χ1n) is 7.33. The van der Waals surface area contributed by atoms with Crippen molar-refractivity contribution in [3.8, 4) is 5.75 Å². The Morgan fingerprint density at radius 3 is 2.57 bits per heavy atom. The molecule has 0 atom stereocenters. The topological polar surface area (TPSA) is 29.5 Å². The molecule has 0 N–H and O–H groups in total. The Hall–Kier alpha value is -2.07. The van der Waals surface area contributed by atoms with Gasteiger partial charge in [-0.15, -0.1) is 0 Å². The molecule has 0 saturated heterocycles. The van der Waals surface area contributed by atoms with E-state index in [9.17, 15) is 9.18 Å². The fourth-order valence-corrected chi connectivity index (χ4v) is 2.28. The molecule has 1 amide bonds. The maximum absolute atomic E-state index is 13.7. The van der Waals surface area contributed by atoms with Crippen LogP contribution in [0.2, 0.25) is 5.02 Å². The summed E-state index contributed by atoms with van der Waals surface area (Å²) in [5.41, 5.74) is 1.39. The van der Waals surface area contributed by atoms with E-state index in [2.05, 4.69) is 0 Å². The van der Waals surface area contributed by atoms with Crippen molar-refractivity contribution in [3.05, 3.63) is 64.4 Å². The van der Waals surface area contributed by atoms with Crippen LogP contribution in [0.1, 0.15) is 11.1 Å². The minimum atomic E-state index is -0.463. The third kappa shape index (κ3) is 4.96. The first-order chi connectivity index (χ1) is 11.0. The average molecular weight is 336 g/mol. The summed E-state index contributed by atoms with van der Waals surface area (Å²) in [6.45, 7) is 2.79. The second-order valence-corrected chi connectivity index (χ2v) is 5.76. The number of carbonyl (C=O) groups is 1. The minimum Gasteiger partial charge on any atom is -0.492 e. The number of rotatable bonds is 6. The van der Waals surface area contributed by atoms with E-state index in [1.807, 2.05) is 31.2 Å². The van der Waals surface area contributed by atoms with Crippen LogP contribution in [-0.4, -0.2) is 31.0 Å². The number of likely N-dealkylation sites (N-methyl/N-ethyl adjacent to an activating group) is 1. The highest BCUT2D eigenvalue weighted by Gasteiger charge is 2.15. The highest BCUT2D eigenvalue weighted by Crippen LogP contribution is 2.20. The summed E-state index contributed by atoms with van der Waals surface area (Å²) in [6.07, 6.45) is -0.0630. The summed E-state index contributed by atoms with van der Waals surface area (Å²) in [4.78, 5) is 13.7. The predicted octanol–water partition coefficient (Wildman–Crippen LogP) is 3.87. The number of benzene rings is 2. The number of amides is 1. The summed E-state index contributed by atoms with van der Waals surface area (Å²) >= 11 is 5.94. The minimum absolute atomic E-state index is 0.0630. The van der Waals surface area contributed by atoms with Crippen molar-refractivity contribution in [2.45, 2.75) is 13.3 Å². The van der Waals surface area contributed by atoms with Gasteiger partial charge in [-0.1, -0.05) is 35.4 Å². The zero-order valence-electron chi connectivity index (χ0n) is 13.2. The molecule has 0 aliphatic carbocycles. The van der Waals surface area contributed by atoms with Crippen molar-refractivity contribution in [1.29, 1.82) is 0 Å². The van der Waals surface area contributed by atoms with Gasteiger partial charge in [0, 0.05) is 17.6 Å². The lowest BCUT2D eigenvalue weighted by Crippen LogP contribution is -2.32. The molecular weight excluding hydrogens is 317 g/mol. The maximum atomic E-state index is 13.7. The maximum Gasteiger partial charge on any atom is 0.227 e. The van der Waals surface area contributed by atoms with Crippen LogP contribution < -0.4 is 4.74 Å². The van der Waals surface area contributed by atoms with Gasteiger partial charge in [-0.05, 0) is 31.2 Å². The molecule has 2 rings (SSSR count). The van der Waals surface area contributed by atoms with E-state index >= 15 is 0 Å². The molecule has 0 spiro atoms. The molecule has 0 heterocycles. The first kappa shape index (κ1) is 17.3. The van der Waals surface area contributed by atoms with E-state index in [0.29, 0.717) is 13.2 Å². The normalized spacial score (nSPS) is 10.4. The van der Waals surface area contributed by atoms with Crippen LogP contribution >= 0.6 is 11.6 Å². The van der Waals surface area contributed by atoms with Crippen LogP contribution in [0.25, 0.3) is 0 Å². The largest absolute Gasteiger partial charge is 0.492 e. The molecule has 23 heavy (non-hydrogen) atoms. The van der Waals surface area contributed by atoms with Crippen LogP contribution in [0, 0.1) is 12.7 Å². The van der Waals surface area contributed by atoms with Gasteiger partial charge < -0.3 is 9.64 Å². The van der Waals surface area contributed by atoms with Gasteiger partial charge in [0.05, 0.1) is 13.0 Å². The molecule has 2 aromatic carbocycles. The van der Waals surface area contributed by atoms with Gasteiger partial charge in [0.1, 0.15) is 18.2 Å². The van der Waals surface area contributed by atoms with Gasteiger partial charge in [0.25, 0.3) is 0 Å². The Morgan fingerprint density at radius 1 is 1.22 bits per heavy atom. The van der Waals surface area contributed by atoms with E-state index in [1.54, 1.807) is 13.1 Å². The standard InChI is InChI=1S/C18H19ClFNO2/c1-13-6-8-14(9-7-13)23-11-10-21(2)18(22)12-15-16(19)4-3-5-17(15)20/h3-9H,10-12H2,1-2H3. The molecule has 2 aromatic rings. The van der Waals surface area contributed by atoms with Gasteiger partial charge in [-0.2, -0.15) is 0 Å². The summed E-state index contributed by atoms with van der Waals surface area (Å²) < 4.78 is 19.3. The van der Waals surface area contributed by atoms with Crippen molar-refractivity contribution in [3.63, 3.8) is 0 Å². The molecule has 0 aromatic heterocycles. The first-order valence-corrected chi connectivity index (χ1v) is 7.71. The SMILES string of the molecule is Cc1ccc(OCCN(C)C(=O)Cc2c(F)cccc2Cl)cc1. The van der Waals surface area contributed by atoms with Gasteiger partial charge >= 0.3 is 0 Å². The lowest BCUT2D eigenvalue weighted by molar-refractivity contribution is -0.129. The van der Waals surface area contributed by atoms with Crippen LogP contribution in [0.5, 0.6) is 5.75 Å². The van der Waals surface area contributed by atoms with E-state index in [0.717, 1.165) is 11.3 Å². The van der Waals surface area contributed by atoms with Crippen molar-refractivity contribution < 1.29 is 13.9 Å². The number of aryl methyl sites for hydroxylation is 1. The highest BCUT2D eigenvalue weighted by molar-refractivity contribution is 6.31. The summed E-state index contributed by atoms with van der Waals surface area (Å²) in [7, 11) is 1.66. The van der Waals surface area contributed by atoms with Crippen LogP contribution in [0.15, 0.2) is 42.5 Å². The smallest absolute Gasteiger partial charge is 0.227 e. The number of nitrogens with zero attached hydrogens (tertiary/aromatic N) is 1. The van der Waals surface area contributed by atoms with Crippen LogP contribution in [-0.2, 0) is 11.2 Å². The molecule has 0 radical (unpaired) electrons. The third-order valence-electron chi connectivity index (χ3n) is 3.53. The van der Waals surface area contributed by atoms with Gasteiger partial charge in [0.15, 0.2) is 0 Å². The summed E-state index contributed by atoms with van der Waals surface area (Å²) in [6, 6.07) is 12.1. The number of ether oxygens (including phenoxy) is 1. The van der Waals surface area contributed by atoms with Gasteiger partial charge in [-0.25, -0.2) is 4.39 Å². The summed E-state index contributed by atoms with van der Waals surface area (Å²) in [5, 5.41) is 0.266. The molecule has 122 valence electrons. The predicted molar refractivity (Wildman–Crippen MR) is 89.4 cm³/mol. The number of hydrogen-bond donors (Lipinski definition) is 0. The van der Waals surface area contributed by atoms with E-state index < -0.39 is 5.82 Å². The van der Waals surface area contributed by atoms with Gasteiger partial charge in [-0.3, -0.25) is 4.79 Å². The van der Waals surface area contributed by atoms with Crippen LogP contribution in [0.3, 0.4) is 0 Å². The van der Waals surface area contributed by atoms with Crippen molar-refractivity contribution >= 4 is 17.5 Å². The molecule has 0 saturated carbocycles. The molecule has 0 aliphatic rings. The zero-order valence-corrected chi connectivity index (χ0v) is 13.9.